The Kier molecular flexibility index (Phi) is 4.37. The van der Waals surface area contributed by atoms with E-state index in [0.717, 1.165) is 4.47 Å². The Bertz CT molecular complexity index is 641. The molecule has 98 valence electrons. The number of carbonyl (C=O) groups excluding carboxylic acids is 1. The van der Waals surface area contributed by atoms with Gasteiger partial charge in [-0.1, -0.05) is 15.9 Å². The molecule has 2 aromatic carbocycles. The summed E-state index contributed by atoms with van der Waals surface area (Å²) in [4.78, 5) is 12.3. The van der Waals surface area contributed by atoms with Crippen molar-refractivity contribution < 1.29 is 13.9 Å². The maximum atomic E-state index is 13.6. The number of rotatable bonds is 3. The summed E-state index contributed by atoms with van der Waals surface area (Å²) < 4.78 is 19.9. The lowest BCUT2D eigenvalue weighted by atomic mass is 10.0. The summed E-state index contributed by atoms with van der Waals surface area (Å²) in [5.41, 5.74) is 0.758. The molecule has 0 aliphatic heterocycles. The van der Waals surface area contributed by atoms with E-state index in [1.165, 1.54) is 19.2 Å². The van der Waals surface area contributed by atoms with Crippen molar-refractivity contribution >= 4 is 37.6 Å². The summed E-state index contributed by atoms with van der Waals surface area (Å²) in [6.07, 6.45) is 0. The Balaban J connectivity index is 2.41. The predicted octanol–water partition coefficient (Wildman–Crippen LogP) is 4.59. The second-order valence-electron chi connectivity index (χ2n) is 3.80. The Morgan fingerprint density at radius 3 is 2.47 bits per heavy atom. The van der Waals surface area contributed by atoms with Crippen LogP contribution >= 0.6 is 31.9 Å². The first-order chi connectivity index (χ1) is 9.02. The van der Waals surface area contributed by atoms with Crippen LogP contribution in [0.2, 0.25) is 0 Å². The van der Waals surface area contributed by atoms with Gasteiger partial charge in [0.15, 0.2) is 17.3 Å². The minimum atomic E-state index is -0.554. The Morgan fingerprint density at radius 1 is 1.16 bits per heavy atom. The monoisotopic (exact) mass is 386 g/mol. The number of hydrogen-bond acceptors (Lipinski definition) is 2. The number of halogens is 3. The highest BCUT2D eigenvalue weighted by atomic mass is 79.9. The summed E-state index contributed by atoms with van der Waals surface area (Å²) >= 11 is 6.64. The van der Waals surface area contributed by atoms with Gasteiger partial charge < -0.3 is 4.74 Å². The average molecular weight is 388 g/mol. The van der Waals surface area contributed by atoms with Crippen LogP contribution in [0.25, 0.3) is 0 Å². The van der Waals surface area contributed by atoms with Crippen LogP contribution in [-0.2, 0) is 0 Å². The molecule has 0 aliphatic carbocycles. The van der Waals surface area contributed by atoms with Gasteiger partial charge in [0.25, 0.3) is 0 Å². The molecule has 0 aromatic heterocycles. The van der Waals surface area contributed by atoms with Crippen molar-refractivity contribution in [3.8, 4) is 5.75 Å². The molecule has 0 spiro atoms. The number of hydrogen-bond donors (Lipinski definition) is 0. The molecule has 0 N–H and O–H groups in total. The average Bonchev–Trinajstić information content (AvgIpc) is 2.38. The van der Waals surface area contributed by atoms with Crippen molar-refractivity contribution in [3.05, 3.63) is 62.3 Å². The molecule has 2 aromatic rings. The fraction of sp³-hybridized carbons (Fsp3) is 0.0714. The third-order valence-corrected chi connectivity index (χ3v) is 3.74. The van der Waals surface area contributed by atoms with Gasteiger partial charge in [0, 0.05) is 20.1 Å². The lowest BCUT2D eigenvalue weighted by molar-refractivity contribution is 0.103. The first kappa shape index (κ1) is 14.2. The number of benzene rings is 2. The van der Waals surface area contributed by atoms with E-state index in [2.05, 4.69) is 31.9 Å². The van der Waals surface area contributed by atoms with Crippen LogP contribution in [0.4, 0.5) is 4.39 Å². The highest BCUT2D eigenvalue weighted by molar-refractivity contribution is 9.11. The van der Waals surface area contributed by atoms with Gasteiger partial charge in [-0.2, -0.15) is 0 Å². The number of methoxy groups -OCH3 is 1. The SMILES string of the molecule is COc1ccc(C(=O)c2ccc(Br)cc2Br)cc1F. The molecule has 0 fully saturated rings. The third-order valence-electron chi connectivity index (χ3n) is 2.59. The standard InChI is InChI=1S/C14H9Br2FO2/c1-19-13-5-2-8(6-12(13)17)14(18)10-4-3-9(15)7-11(10)16/h2-7H,1H3. The summed E-state index contributed by atoms with van der Waals surface area (Å²) in [6.45, 7) is 0. The summed E-state index contributed by atoms with van der Waals surface area (Å²) in [5, 5.41) is 0. The number of carbonyl (C=O) groups is 1. The van der Waals surface area contributed by atoms with E-state index >= 15 is 0 Å². The van der Waals surface area contributed by atoms with Crippen molar-refractivity contribution in [2.24, 2.45) is 0 Å². The molecule has 0 atom stereocenters. The van der Waals surface area contributed by atoms with Crippen molar-refractivity contribution in [2.45, 2.75) is 0 Å². The van der Waals surface area contributed by atoms with E-state index in [4.69, 9.17) is 4.74 Å². The highest BCUT2D eigenvalue weighted by Crippen LogP contribution is 2.26. The molecule has 0 unspecified atom stereocenters. The lowest BCUT2D eigenvalue weighted by Gasteiger charge is -2.06. The fourth-order valence-electron chi connectivity index (χ4n) is 1.64. The van der Waals surface area contributed by atoms with E-state index in [9.17, 15) is 9.18 Å². The van der Waals surface area contributed by atoms with Gasteiger partial charge in [0.2, 0.25) is 0 Å². The second-order valence-corrected chi connectivity index (χ2v) is 5.57. The predicted molar refractivity (Wildman–Crippen MR) is 78.2 cm³/mol. The van der Waals surface area contributed by atoms with E-state index in [1.54, 1.807) is 24.3 Å². The third kappa shape index (κ3) is 3.04. The van der Waals surface area contributed by atoms with Gasteiger partial charge in [-0.3, -0.25) is 4.79 Å². The van der Waals surface area contributed by atoms with Crippen LogP contribution in [0.1, 0.15) is 15.9 Å². The summed E-state index contributed by atoms with van der Waals surface area (Å²) in [5.74, 6) is -0.686. The molecular formula is C14H9Br2FO2. The van der Waals surface area contributed by atoms with E-state index in [-0.39, 0.29) is 17.1 Å². The minimum absolute atomic E-state index is 0.117. The first-order valence-corrected chi connectivity index (χ1v) is 6.95. The zero-order valence-electron chi connectivity index (χ0n) is 9.91. The van der Waals surface area contributed by atoms with Crippen molar-refractivity contribution in [3.63, 3.8) is 0 Å². The molecule has 0 bridgehead atoms. The lowest BCUT2D eigenvalue weighted by Crippen LogP contribution is -2.03. The number of ketones is 1. The van der Waals surface area contributed by atoms with Gasteiger partial charge >= 0.3 is 0 Å². The van der Waals surface area contributed by atoms with Gasteiger partial charge in [0.05, 0.1) is 7.11 Å². The normalized spacial score (nSPS) is 10.3. The van der Waals surface area contributed by atoms with Crippen LogP contribution in [-0.4, -0.2) is 12.9 Å². The van der Waals surface area contributed by atoms with E-state index in [1.807, 2.05) is 0 Å². The zero-order chi connectivity index (χ0) is 14.0. The zero-order valence-corrected chi connectivity index (χ0v) is 13.1. The Hall–Kier alpha value is -1.20. The van der Waals surface area contributed by atoms with Gasteiger partial charge in [-0.15, -0.1) is 0 Å². The van der Waals surface area contributed by atoms with Crippen molar-refractivity contribution in [1.29, 1.82) is 0 Å². The first-order valence-electron chi connectivity index (χ1n) is 5.36. The molecule has 0 saturated heterocycles. The quantitative estimate of drug-likeness (QED) is 0.720. The van der Waals surface area contributed by atoms with Crippen LogP contribution in [0.3, 0.4) is 0 Å². The summed E-state index contributed by atoms with van der Waals surface area (Å²) in [6, 6.07) is 9.37. The molecule has 0 amide bonds. The molecular weight excluding hydrogens is 379 g/mol. The van der Waals surface area contributed by atoms with Crippen LogP contribution in [0, 0.1) is 5.82 Å². The molecule has 0 saturated carbocycles. The second kappa shape index (κ2) is 5.84. The van der Waals surface area contributed by atoms with Crippen LogP contribution < -0.4 is 4.74 Å². The van der Waals surface area contributed by atoms with E-state index in [0.29, 0.717) is 10.0 Å². The molecule has 2 nitrogen and oxygen atoms in total. The van der Waals surface area contributed by atoms with Crippen LogP contribution in [0.5, 0.6) is 5.75 Å². The van der Waals surface area contributed by atoms with Crippen molar-refractivity contribution in [2.75, 3.05) is 7.11 Å². The minimum Gasteiger partial charge on any atom is -0.494 e. The largest absolute Gasteiger partial charge is 0.494 e. The molecule has 0 heterocycles. The Morgan fingerprint density at radius 2 is 1.89 bits per heavy atom. The Labute approximate surface area is 126 Å². The molecule has 5 heteroatoms. The van der Waals surface area contributed by atoms with Gasteiger partial charge in [0.1, 0.15) is 0 Å². The molecule has 19 heavy (non-hydrogen) atoms. The maximum Gasteiger partial charge on any atom is 0.194 e. The molecule has 0 aliphatic rings. The van der Waals surface area contributed by atoms with Crippen LogP contribution in [0.15, 0.2) is 45.3 Å². The molecule has 2 rings (SSSR count). The highest BCUT2D eigenvalue weighted by Gasteiger charge is 2.15. The van der Waals surface area contributed by atoms with Crippen molar-refractivity contribution in [1.82, 2.24) is 0 Å². The smallest absolute Gasteiger partial charge is 0.194 e. The maximum absolute atomic E-state index is 13.6. The topological polar surface area (TPSA) is 26.3 Å². The number of ether oxygens (including phenoxy) is 1. The molecule has 0 radical (unpaired) electrons. The summed E-state index contributed by atoms with van der Waals surface area (Å²) in [7, 11) is 1.38. The van der Waals surface area contributed by atoms with E-state index < -0.39 is 5.82 Å². The van der Waals surface area contributed by atoms with Gasteiger partial charge in [-0.05, 0) is 52.3 Å². The van der Waals surface area contributed by atoms with Gasteiger partial charge in [-0.25, -0.2) is 4.39 Å². The fourth-order valence-corrected chi connectivity index (χ4v) is 2.86.